The molecule has 21 heavy (non-hydrogen) atoms. The van der Waals surface area contributed by atoms with Gasteiger partial charge in [0, 0.05) is 16.8 Å². The van der Waals surface area contributed by atoms with Gasteiger partial charge in [-0.3, -0.25) is 4.79 Å². The number of hydrogen-bond acceptors (Lipinski definition) is 2. The standard InChI is InChI=1S/C16H10FNO3/c17-11-3-1-2-9(6-11)7-13-12-8-10(16(20)21)4-5-14(12)18-15(13)19/h1-8H,(H,18,19)(H,20,21)/b13-7+. The fraction of sp³-hybridized carbons (Fsp3) is 0. The molecule has 0 aromatic heterocycles. The van der Waals surface area contributed by atoms with Crippen molar-refractivity contribution in [3.8, 4) is 0 Å². The number of anilines is 1. The number of rotatable bonds is 2. The number of benzene rings is 2. The fourth-order valence-corrected chi connectivity index (χ4v) is 2.23. The Balaban J connectivity index is 2.11. The maximum Gasteiger partial charge on any atom is 0.335 e. The van der Waals surface area contributed by atoms with Crippen molar-refractivity contribution in [2.75, 3.05) is 5.32 Å². The lowest BCUT2D eigenvalue weighted by Gasteiger charge is -2.01. The van der Waals surface area contributed by atoms with Crippen LogP contribution >= 0.6 is 0 Å². The topological polar surface area (TPSA) is 66.4 Å². The molecule has 0 unspecified atom stereocenters. The van der Waals surface area contributed by atoms with Gasteiger partial charge in [-0.1, -0.05) is 12.1 Å². The Morgan fingerprint density at radius 2 is 2.00 bits per heavy atom. The predicted molar refractivity (Wildman–Crippen MR) is 76.3 cm³/mol. The summed E-state index contributed by atoms with van der Waals surface area (Å²) in [4.78, 5) is 23.0. The van der Waals surface area contributed by atoms with E-state index in [4.69, 9.17) is 5.11 Å². The molecule has 1 aliphatic rings. The lowest BCUT2D eigenvalue weighted by molar-refractivity contribution is -0.110. The Morgan fingerprint density at radius 1 is 1.19 bits per heavy atom. The van der Waals surface area contributed by atoms with Crippen LogP contribution in [0.2, 0.25) is 0 Å². The molecule has 0 fully saturated rings. The number of carbonyl (C=O) groups excluding carboxylic acids is 1. The number of nitrogens with one attached hydrogen (secondary N) is 1. The SMILES string of the molecule is O=C1Nc2ccc(C(=O)O)cc2/C1=C\c1cccc(F)c1. The third-order valence-corrected chi connectivity index (χ3v) is 3.21. The van der Waals surface area contributed by atoms with Crippen LogP contribution in [0.4, 0.5) is 10.1 Å². The van der Waals surface area contributed by atoms with E-state index in [2.05, 4.69) is 5.32 Å². The summed E-state index contributed by atoms with van der Waals surface area (Å²) in [6, 6.07) is 10.2. The van der Waals surface area contributed by atoms with Gasteiger partial charge in [0.05, 0.1) is 5.56 Å². The second kappa shape index (κ2) is 4.86. The van der Waals surface area contributed by atoms with E-state index in [1.807, 2.05) is 0 Å². The zero-order valence-corrected chi connectivity index (χ0v) is 10.8. The molecule has 0 aliphatic carbocycles. The average Bonchev–Trinajstić information content (AvgIpc) is 2.74. The molecule has 1 aliphatic heterocycles. The number of carbonyl (C=O) groups is 2. The van der Waals surface area contributed by atoms with E-state index in [-0.39, 0.29) is 11.5 Å². The number of carboxylic acids is 1. The monoisotopic (exact) mass is 283 g/mol. The summed E-state index contributed by atoms with van der Waals surface area (Å²) >= 11 is 0. The molecule has 4 nitrogen and oxygen atoms in total. The van der Waals surface area contributed by atoms with Crippen LogP contribution < -0.4 is 5.32 Å². The van der Waals surface area contributed by atoms with Crippen molar-refractivity contribution in [2.45, 2.75) is 0 Å². The number of fused-ring (bicyclic) bond motifs is 1. The maximum absolute atomic E-state index is 13.2. The molecule has 3 rings (SSSR count). The summed E-state index contributed by atoms with van der Waals surface area (Å²) < 4.78 is 13.2. The molecule has 2 N–H and O–H groups in total. The Labute approximate surface area is 119 Å². The molecule has 2 aromatic carbocycles. The second-order valence-electron chi connectivity index (χ2n) is 4.63. The van der Waals surface area contributed by atoms with Crippen molar-refractivity contribution in [2.24, 2.45) is 0 Å². The first-order chi connectivity index (χ1) is 10.0. The van der Waals surface area contributed by atoms with Crippen molar-refractivity contribution < 1.29 is 19.1 Å². The molecule has 0 radical (unpaired) electrons. The first-order valence-corrected chi connectivity index (χ1v) is 6.21. The number of aromatic carboxylic acids is 1. The Morgan fingerprint density at radius 3 is 2.71 bits per heavy atom. The molecule has 2 aromatic rings. The van der Waals surface area contributed by atoms with Gasteiger partial charge in [-0.25, -0.2) is 9.18 Å². The minimum atomic E-state index is -1.07. The van der Waals surface area contributed by atoms with Gasteiger partial charge in [0.15, 0.2) is 0 Å². The van der Waals surface area contributed by atoms with Crippen LogP contribution in [0.3, 0.4) is 0 Å². The lowest BCUT2D eigenvalue weighted by atomic mass is 10.0. The molecule has 104 valence electrons. The fourth-order valence-electron chi connectivity index (χ4n) is 2.23. The summed E-state index contributed by atoms with van der Waals surface area (Å²) in [5.41, 5.74) is 2.00. The van der Waals surface area contributed by atoms with E-state index < -0.39 is 11.8 Å². The van der Waals surface area contributed by atoms with E-state index in [1.54, 1.807) is 18.2 Å². The average molecular weight is 283 g/mol. The zero-order valence-electron chi connectivity index (χ0n) is 10.8. The van der Waals surface area contributed by atoms with E-state index in [1.165, 1.54) is 30.3 Å². The van der Waals surface area contributed by atoms with Gasteiger partial charge in [0.2, 0.25) is 0 Å². The van der Waals surface area contributed by atoms with Crippen LogP contribution in [0.1, 0.15) is 21.5 Å². The summed E-state index contributed by atoms with van der Waals surface area (Å²) in [5.74, 6) is -1.80. The molecule has 0 spiro atoms. The summed E-state index contributed by atoms with van der Waals surface area (Å²) in [6.07, 6.45) is 1.54. The van der Waals surface area contributed by atoms with Crippen molar-refractivity contribution in [1.82, 2.24) is 0 Å². The summed E-state index contributed by atoms with van der Waals surface area (Å²) in [7, 11) is 0. The highest BCUT2D eigenvalue weighted by Crippen LogP contribution is 2.33. The summed E-state index contributed by atoms with van der Waals surface area (Å²) in [6.45, 7) is 0. The zero-order chi connectivity index (χ0) is 15.0. The highest BCUT2D eigenvalue weighted by Gasteiger charge is 2.25. The Hall–Kier alpha value is -2.95. The van der Waals surface area contributed by atoms with Crippen LogP contribution in [-0.4, -0.2) is 17.0 Å². The van der Waals surface area contributed by atoms with E-state index >= 15 is 0 Å². The molecule has 0 saturated carbocycles. The number of carboxylic acid groups (broad SMARTS) is 1. The molecule has 5 heteroatoms. The van der Waals surface area contributed by atoms with Crippen LogP contribution in [0.5, 0.6) is 0 Å². The van der Waals surface area contributed by atoms with Gasteiger partial charge in [-0.05, 0) is 42.0 Å². The van der Waals surface area contributed by atoms with Crippen molar-refractivity contribution in [3.05, 3.63) is 65.0 Å². The number of halogens is 1. The predicted octanol–water partition coefficient (Wildman–Crippen LogP) is 3.02. The van der Waals surface area contributed by atoms with Gasteiger partial charge in [-0.2, -0.15) is 0 Å². The smallest absolute Gasteiger partial charge is 0.335 e. The number of amides is 1. The van der Waals surface area contributed by atoms with Crippen LogP contribution in [0, 0.1) is 5.82 Å². The molecule has 0 atom stereocenters. The third-order valence-electron chi connectivity index (χ3n) is 3.21. The number of hydrogen-bond donors (Lipinski definition) is 2. The minimum absolute atomic E-state index is 0.0930. The van der Waals surface area contributed by atoms with Crippen molar-refractivity contribution >= 4 is 29.2 Å². The van der Waals surface area contributed by atoms with Gasteiger partial charge in [0.25, 0.3) is 5.91 Å². The normalized spacial score (nSPS) is 14.9. The largest absolute Gasteiger partial charge is 0.478 e. The molecule has 1 amide bonds. The highest BCUT2D eigenvalue weighted by molar-refractivity contribution is 6.35. The quantitative estimate of drug-likeness (QED) is 0.832. The van der Waals surface area contributed by atoms with Crippen LogP contribution in [-0.2, 0) is 4.79 Å². The maximum atomic E-state index is 13.2. The van der Waals surface area contributed by atoms with Gasteiger partial charge in [-0.15, -0.1) is 0 Å². The second-order valence-corrected chi connectivity index (χ2v) is 4.63. The first-order valence-electron chi connectivity index (χ1n) is 6.21. The molecule has 0 saturated heterocycles. The van der Waals surface area contributed by atoms with Crippen LogP contribution in [0.25, 0.3) is 11.6 Å². The van der Waals surface area contributed by atoms with Gasteiger partial charge < -0.3 is 10.4 Å². The van der Waals surface area contributed by atoms with Crippen molar-refractivity contribution in [3.63, 3.8) is 0 Å². The molecule has 0 bridgehead atoms. The first kappa shape index (κ1) is 13.1. The van der Waals surface area contributed by atoms with Gasteiger partial charge in [0.1, 0.15) is 5.82 Å². The summed E-state index contributed by atoms with van der Waals surface area (Å²) in [5, 5.41) is 11.7. The van der Waals surface area contributed by atoms with Crippen molar-refractivity contribution in [1.29, 1.82) is 0 Å². The van der Waals surface area contributed by atoms with Gasteiger partial charge >= 0.3 is 5.97 Å². The third kappa shape index (κ3) is 2.41. The molecular weight excluding hydrogens is 273 g/mol. The van der Waals surface area contributed by atoms with E-state index in [0.29, 0.717) is 22.4 Å². The Bertz CT molecular complexity index is 796. The minimum Gasteiger partial charge on any atom is -0.478 e. The highest BCUT2D eigenvalue weighted by atomic mass is 19.1. The molecule has 1 heterocycles. The Kier molecular flexibility index (Phi) is 3.02. The van der Waals surface area contributed by atoms with E-state index in [9.17, 15) is 14.0 Å². The lowest BCUT2D eigenvalue weighted by Crippen LogP contribution is -2.03. The van der Waals surface area contributed by atoms with E-state index in [0.717, 1.165) is 0 Å². The van der Waals surface area contributed by atoms with Crippen LogP contribution in [0.15, 0.2) is 42.5 Å². The molecular formula is C16H10FNO3.